The minimum atomic E-state index is -4.18. The van der Waals surface area contributed by atoms with Crippen LogP contribution in [0.25, 0.3) is 0 Å². The van der Waals surface area contributed by atoms with Crippen LogP contribution in [0.15, 0.2) is 23.1 Å². The smallest absolute Gasteiger partial charge is 0.321 e. The Hall–Kier alpha value is -2.00. The van der Waals surface area contributed by atoms with Gasteiger partial charge >= 0.3 is 5.97 Å². The van der Waals surface area contributed by atoms with Gasteiger partial charge in [-0.2, -0.15) is 4.72 Å². The highest BCUT2D eigenvalue weighted by Gasteiger charge is 2.28. The number of hydrogen-bond donors (Lipinski definition) is 2. The molecule has 1 aromatic carbocycles. The topological polar surface area (TPSA) is 127 Å². The highest BCUT2D eigenvalue weighted by atomic mass is 32.2. The van der Waals surface area contributed by atoms with E-state index in [4.69, 9.17) is 5.11 Å². The Balaban J connectivity index is 3.28. The Kier molecular flexibility index (Phi) is 6.22. The summed E-state index contributed by atoms with van der Waals surface area (Å²) < 4.78 is 27.1. The number of nitrogens with zero attached hydrogens (tertiary/aromatic N) is 1. The fourth-order valence-corrected chi connectivity index (χ4v) is 3.65. The molecule has 0 saturated carbocycles. The van der Waals surface area contributed by atoms with E-state index < -0.39 is 27.0 Å². The zero-order valence-corrected chi connectivity index (χ0v) is 14.0. The van der Waals surface area contributed by atoms with Gasteiger partial charge in [0.1, 0.15) is 6.04 Å². The maximum Gasteiger partial charge on any atom is 0.321 e. The molecule has 0 bridgehead atoms. The average Bonchev–Trinajstić information content (AvgIpc) is 2.44. The summed E-state index contributed by atoms with van der Waals surface area (Å²) in [5, 5.41) is 20.0. The van der Waals surface area contributed by atoms with Crippen LogP contribution in [-0.2, 0) is 21.2 Å². The van der Waals surface area contributed by atoms with Gasteiger partial charge in [-0.1, -0.05) is 26.8 Å². The van der Waals surface area contributed by atoms with Gasteiger partial charge in [-0.05, 0) is 24.3 Å². The molecule has 1 aromatic rings. The van der Waals surface area contributed by atoms with E-state index in [1.807, 2.05) is 0 Å². The number of carboxylic acid groups (broad SMARTS) is 1. The Morgan fingerprint density at radius 3 is 2.43 bits per heavy atom. The summed E-state index contributed by atoms with van der Waals surface area (Å²) in [6.45, 7) is 5.26. The van der Waals surface area contributed by atoms with Crippen molar-refractivity contribution < 1.29 is 23.2 Å². The van der Waals surface area contributed by atoms with E-state index in [0.29, 0.717) is 12.0 Å². The first kappa shape index (κ1) is 19.0. The van der Waals surface area contributed by atoms with Crippen molar-refractivity contribution in [3.63, 3.8) is 0 Å². The second-order valence-electron chi connectivity index (χ2n) is 5.54. The Labute approximate surface area is 134 Å². The van der Waals surface area contributed by atoms with Crippen LogP contribution in [0.4, 0.5) is 5.69 Å². The van der Waals surface area contributed by atoms with Gasteiger partial charge in [0.15, 0.2) is 0 Å². The van der Waals surface area contributed by atoms with Gasteiger partial charge in [0, 0.05) is 12.1 Å². The van der Waals surface area contributed by atoms with Crippen LogP contribution < -0.4 is 4.72 Å². The molecule has 0 spiro atoms. The monoisotopic (exact) mass is 344 g/mol. The van der Waals surface area contributed by atoms with Gasteiger partial charge in [-0.25, -0.2) is 8.42 Å². The second kappa shape index (κ2) is 7.51. The molecule has 0 fully saturated rings. The zero-order valence-electron chi connectivity index (χ0n) is 13.1. The van der Waals surface area contributed by atoms with Crippen molar-refractivity contribution in [2.45, 2.75) is 44.6 Å². The molecule has 0 aliphatic carbocycles. The van der Waals surface area contributed by atoms with E-state index in [1.165, 1.54) is 12.1 Å². The second-order valence-corrected chi connectivity index (χ2v) is 7.23. The third kappa shape index (κ3) is 5.00. The van der Waals surface area contributed by atoms with Gasteiger partial charge in [0.2, 0.25) is 10.0 Å². The van der Waals surface area contributed by atoms with Gasteiger partial charge < -0.3 is 5.11 Å². The molecule has 23 heavy (non-hydrogen) atoms. The molecule has 1 atom stereocenters. The van der Waals surface area contributed by atoms with E-state index in [9.17, 15) is 23.3 Å². The molecule has 9 heteroatoms. The lowest BCUT2D eigenvalue weighted by molar-refractivity contribution is -0.385. The summed E-state index contributed by atoms with van der Waals surface area (Å²) in [5.74, 6) is -1.32. The van der Waals surface area contributed by atoms with Crippen LogP contribution >= 0.6 is 0 Å². The quantitative estimate of drug-likeness (QED) is 0.548. The average molecular weight is 344 g/mol. The van der Waals surface area contributed by atoms with Crippen molar-refractivity contribution in [2.75, 3.05) is 0 Å². The number of hydrogen-bond acceptors (Lipinski definition) is 5. The van der Waals surface area contributed by atoms with Crippen molar-refractivity contribution in [1.82, 2.24) is 4.72 Å². The first-order chi connectivity index (χ1) is 10.6. The molecule has 0 heterocycles. The molecule has 0 aliphatic heterocycles. The first-order valence-electron chi connectivity index (χ1n) is 7.11. The molecular formula is C14H20N2O6S. The number of rotatable bonds is 8. The summed E-state index contributed by atoms with van der Waals surface area (Å²) in [6, 6.07) is 2.25. The van der Waals surface area contributed by atoms with Crippen molar-refractivity contribution >= 4 is 21.7 Å². The number of benzene rings is 1. The molecule has 1 unspecified atom stereocenters. The third-order valence-electron chi connectivity index (χ3n) is 3.23. The van der Waals surface area contributed by atoms with Gasteiger partial charge in [-0.15, -0.1) is 0 Å². The van der Waals surface area contributed by atoms with Gasteiger partial charge in [0.25, 0.3) is 5.69 Å². The summed E-state index contributed by atoms with van der Waals surface area (Å²) in [7, 11) is -4.18. The SMILES string of the molecule is CCc1ccc([N+](=O)[O-])cc1S(=O)(=O)NC(CC(C)C)C(=O)O. The largest absolute Gasteiger partial charge is 0.480 e. The third-order valence-corrected chi connectivity index (χ3v) is 4.79. The Morgan fingerprint density at radius 1 is 1.39 bits per heavy atom. The molecule has 0 amide bonds. The van der Waals surface area contributed by atoms with E-state index in [-0.39, 0.29) is 22.9 Å². The summed E-state index contributed by atoms with van der Waals surface area (Å²) in [4.78, 5) is 21.1. The predicted molar refractivity (Wildman–Crippen MR) is 83.7 cm³/mol. The fourth-order valence-electron chi connectivity index (χ4n) is 2.12. The van der Waals surface area contributed by atoms with Crippen LogP contribution in [0.1, 0.15) is 32.8 Å². The van der Waals surface area contributed by atoms with E-state index >= 15 is 0 Å². The number of nitrogens with one attached hydrogen (secondary N) is 1. The first-order valence-corrected chi connectivity index (χ1v) is 8.59. The molecule has 0 aliphatic rings. The van der Waals surface area contributed by atoms with Gasteiger partial charge in [-0.3, -0.25) is 14.9 Å². The molecule has 8 nitrogen and oxygen atoms in total. The maximum atomic E-state index is 12.5. The summed E-state index contributed by atoms with van der Waals surface area (Å²) >= 11 is 0. The lowest BCUT2D eigenvalue weighted by Crippen LogP contribution is -2.41. The van der Waals surface area contributed by atoms with Crippen LogP contribution in [0.5, 0.6) is 0 Å². The van der Waals surface area contributed by atoms with Crippen molar-refractivity contribution in [1.29, 1.82) is 0 Å². The number of aryl methyl sites for hydroxylation is 1. The lowest BCUT2D eigenvalue weighted by atomic mass is 10.1. The molecule has 0 aromatic heterocycles. The number of carbonyl (C=O) groups is 1. The standard InChI is InChI=1S/C14H20N2O6S/c1-4-10-5-6-11(16(19)20)8-13(10)23(21,22)15-12(14(17)18)7-9(2)3/h5-6,8-9,12,15H,4,7H2,1-3H3,(H,17,18). The van der Waals surface area contributed by atoms with E-state index in [2.05, 4.69) is 4.72 Å². The number of carboxylic acids is 1. The van der Waals surface area contributed by atoms with Crippen molar-refractivity contribution in [3.05, 3.63) is 33.9 Å². The molecule has 128 valence electrons. The number of nitro groups is 1. The van der Waals surface area contributed by atoms with Crippen LogP contribution in [0.3, 0.4) is 0 Å². The molecule has 2 N–H and O–H groups in total. The number of nitro benzene ring substituents is 1. The fraction of sp³-hybridized carbons (Fsp3) is 0.500. The van der Waals surface area contributed by atoms with Crippen LogP contribution in [0, 0.1) is 16.0 Å². The van der Waals surface area contributed by atoms with Crippen LogP contribution in [-0.4, -0.2) is 30.5 Å². The Morgan fingerprint density at radius 2 is 2.00 bits per heavy atom. The Bertz CT molecular complexity index is 699. The highest BCUT2D eigenvalue weighted by molar-refractivity contribution is 7.89. The van der Waals surface area contributed by atoms with Crippen molar-refractivity contribution in [2.24, 2.45) is 5.92 Å². The molecule has 1 rings (SSSR count). The van der Waals surface area contributed by atoms with E-state index in [1.54, 1.807) is 20.8 Å². The number of sulfonamides is 1. The summed E-state index contributed by atoms with van der Waals surface area (Å²) in [5.41, 5.74) is 0.0232. The number of non-ortho nitro benzene ring substituents is 1. The summed E-state index contributed by atoms with van der Waals surface area (Å²) in [6.07, 6.45) is 0.459. The molecule has 0 saturated heterocycles. The lowest BCUT2D eigenvalue weighted by Gasteiger charge is -2.17. The highest BCUT2D eigenvalue weighted by Crippen LogP contribution is 2.23. The van der Waals surface area contributed by atoms with Gasteiger partial charge in [0.05, 0.1) is 9.82 Å². The molecular weight excluding hydrogens is 324 g/mol. The van der Waals surface area contributed by atoms with Crippen molar-refractivity contribution in [3.8, 4) is 0 Å². The molecule has 0 radical (unpaired) electrons. The maximum absolute atomic E-state index is 12.5. The minimum absolute atomic E-state index is 0.0328. The predicted octanol–water partition coefficient (Wildman–Crippen LogP) is 1.93. The minimum Gasteiger partial charge on any atom is -0.480 e. The number of aliphatic carboxylic acids is 1. The van der Waals surface area contributed by atoms with Crippen LogP contribution in [0.2, 0.25) is 0 Å². The van der Waals surface area contributed by atoms with E-state index in [0.717, 1.165) is 6.07 Å². The zero-order chi connectivity index (χ0) is 17.8. The normalized spacial score (nSPS) is 13.0.